The lowest BCUT2D eigenvalue weighted by Crippen LogP contribution is -2.29. The van der Waals surface area contributed by atoms with Gasteiger partial charge < -0.3 is 14.8 Å². The molecule has 1 aliphatic heterocycles. The van der Waals surface area contributed by atoms with Gasteiger partial charge in [0.1, 0.15) is 0 Å². The van der Waals surface area contributed by atoms with Crippen molar-refractivity contribution in [3.05, 3.63) is 23.8 Å². The van der Waals surface area contributed by atoms with Crippen LogP contribution in [0.5, 0.6) is 11.5 Å². The van der Waals surface area contributed by atoms with Crippen LogP contribution in [0.25, 0.3) is 0 Å². The van der Waals surface area contributed by atoms with Crippen molar-refractivity contribution < 1.29 is 9.47 Å². The summed E-state index contributed by atoms with van der Waals surface area (Å²) in [5.74, 6) is 2.57. The zero-order valence-electron chi connectivity index (χ0n) is 10.9. The summed E-state index contributed by atoms with van der Waals surface area (Å²) >= 11 is 0. The molecule has 0 bridgehead atoms. The molecule has 0 aromatic heterocycles. The van der Waals surface area contributed by atoms with Crippen LogP contribution in [-0.4, -0.2) is 20.3 Å². The smallest absolute Gasteiger partial charge is 0.161 e. The number of benzene rings is 1. The summed E-state index contributed by atoms with van der Waals surface area (Å²) in [7, 11) is 2.05. The lowest BCUT2D eigenvalue weighted by atomic mass is 9.77. The SMILES string of the molecule is CNC(c1ccc2c(c1)OCCCO2)C1CCC1. The molecule has 0 spiro atoms. The van der Waals surface area contributed by atoms with E-state index >= 15 is 0 Å². The Morgan fingerprint density at radius 3 is 2.56 bits per heavy atom. The average Bonchev–Trinajstić information content (AvgIpc) is 2.57. The normalized spacial score (nSPS) is 20.9. The molecule has 0 saturated heterocycles. The fraction of sp³-hybridized carbons (Fsp3) is 0.600. The molecule has 1 aromatic rings. The highest BCUT2D eigenvalue weighted by atomic mass is 16.5. The van der Waals surface area contributed by atoms with E-state index in [1.165, 1.54) is 24.8 Å². The van der Waals surface area contributed by atoms with E-state index in [0.717, 1.165) is 37.1 Å². The van der Waals surface area contributed by atoms with Gasteiger partial charge in [-0.2, -0.15) is 0 Å². The lowest BCUT2D eigenvalue weighted by molar-refractivity contribution is 0.238. The topological polar surface area (TPSA) is 30.5 Å². The number of ether oxygens (including phenoxy) is 2. The first-order valence-corrected chi connectivity index (χ1v) is 6.95. The third-order valence-corrected chi connectivity index (χ3v) is 4.06. The van der Waals surface area contributed by atoms with Gasteiger partial charge >= 0.3 is 0 Å². The number of hydrogen-bond acceptors (Lipinski definition) is 3. The summed E-state index contributed by atoms with van der Waals surface area (Å²) in [5, 5.41) is 3.45. The maximum Gasteiger partial charge on any atom is 0.161 e. The van der Waals surface area contributed by atoms with Crippen LogP contribution >= 0.6 is 0 Å². The average molecular weight is 247 g/mol. The van der Waals surface area contributed by atoms with Crippen molar-refractivity contribution in [3.8, 4) is 11.5 Å². The van der Waals surface area contributed by atoms with Gasteiger partial charge in [-0.05, 0) is 43.5 Å². The lowest BCUT2D eigenvalue weighted by Gasteiger charge is -2.34. The Labute approximate surface area is 108 Å². The fourth-order valence-electron chi connectivity index (χ4n) is 2.82. The molecule has 2 aliphatic rings. The van der Waals surface area contributed by atoms with E-state index in [4.69, 9.17) is 9.47 Å². The molecule has 18 heavy (non-hydrogen) atoms. The van der Waals surface area contributed by atoms with Gasteiger partial charge in [0, 0.05) is 12.5 Å². The van der Waals surface area contributed by atoms with E-state index in [1.807, 2.05) is 7.05 Å². The second-order valence-corrected chi connectivity index (χ2v) is 5.21. The minimum absolute atomic E-state index is 0.455. The molecular formula is C15H21NO2. The third-order valence-electron chi connectivity index (χ3n) is 4.06. The van der Waals surface area contributed by atoms with Crippen molar-refractivity contribution in [3.63, 3.8) is 0 Å². The van der Waals surface area contributed by atoms with Gasteiger partial charge in [-0.1, -0.05) is 12.5 Å². The Balaban J connectivity index is 1.85. The molecule has 1 fully saturated rings. The Kier molecular flexibility index (Phi) is 3.41. The van der Waals surface area contributed by atoms with Gasteiger partial charge in [-0.25, -0.2) is 0 Å². The van der Waals surface area contributed by atoms with Gasteiger partial charge in [-0.3, -0.25) is 0 Å². The standard InChI is InChI=1S/C15H21NO2/c1-16-15(11-4-2-5-11)12-6-7-13-14(10-12)18-9-3-8-17-13/h6-7,10-11,15-16H,2-5,8-9H2,1H3. The third kappa shape index (κ3) is 2.19. The van der Waals surface area contributed by atoms with Crippen LogP contribution in [0, 0.1) is 5.92 Å². The van der Waals surface area contributed by atoms with E-state index in [2.05, 4.69) is 23.5 Å². The van der Waals surface area contributed by atoms with Crippen LogP contribution in [0.4, 0.5) is 0 Å². The summed E-state index contributed by atoms with van der Waals surface area (Å²) in [5.41, 5.74) is 1.33. The molecule has 1 heterocycles. The van der Waals surface area contributed by atoms with Crippen LogP contribution in [-0.2, 0) is 0 Å². The summed E-state index contributed by atoms with van der Waals surface area (Å²) in [6.07, 6.45) is 5.00. The minimum Gasteiger partial charge on any atom is -0.490 e. The zero-order chi connectivity index (χ0) is 12.4. The second-order valence-electron chi connectivity index (χ2n) is 5.21. The molecule has 1 aromatic carbocycles. The Morgan fingerprint density at radius 1 is 1.11 bits per heavy atom. The minimum atomic E-state index is 0.455. The molecule has 1 unspecified atom stereocenters. The van der Waals surface area contributed by atoms with E-state index in [9.17, 15) is 0 Å². The Morgan fingerprint density at radius 2 is 1.89 bits per heavy atom. The maximum atomic E-state index is 5.76. The highest BCUT2D eigenvalue weighted by Gasteiger charge is 2.28. The molecule has 1 atom stereocenters. The quantitative estimate of drug-likeness (QED) is 0.891. The van der Waals surface area contributed by atoms with Gasteiger partial charge in [0.2, 0.25) is 0 Å². The first-order chi connectivity index (χ1) is 8.88. The van der Waals surface area contributed by atoms with Crippen LogP contribution in [0.15, 0.2) is 18.2 Å². The number of hydrogen-bond donors (Lipinski definition) is 1. The summed E-state index contributed by atoms with van der Waals surface area (Å²) in [4.78, 5) is 0. The van der Waals surface area contributed by atoms with Crippen molar-refractivity contribution in [2.45, 2.75) is 31.7 Å². The summed E-state index contributed by atoms with van der Waals surface area (Å²) < 4.78 is 11.4. The Bertz CT molecular complexity index is 415. The number of nitrogens with one attached hydrogen (secondary N) is 1. The van der Waals surface area contributed by atoms with Crippen molar-refractivity contribution >= 4 is 0 Å². The van der Waals surface area contributed by atoms with Crippen molar-refractivity contribution in [1.82, 2.24) is 5.32 Å². The predicted octanol–water partition coefficient (Wildman–Crippen LogP) is 2.91. The van der Waals surface area contributed by atoms with Crippen LogP contribution in [0.1, 0.15) is 37.3 Å². The van der Waals surface area contributed by atoms with Gasteiger partial charge in [0.25, 0.3) is 0 Å². The molecule has 3 rings (SSSR count). The predicted molar refractivity (Wildman–Crippen MR) is 71.2 cm³/mol. The Hall–Kier alpha value is -1.22. The van der Waals surface area contributed by atoms with Gasteiger partial charge in [0.15, 0.2) is 11.5 Å². The van der Waals surface area contributed by atoms with Crippen LogP contribution in [0.3, 0.4) is 0 Å². The largest absolute Gasteiger partial charge is 0.490 e. The van der Waals surface area contributed by atoms with Gasteiger partial charge in [-0.15, -0.1) is 0 Å². The van der Waals surface area contributed by atoms with E-state index in [1.54, 1.807) is 0 Å². The molecule has 0 radical (unpaired) electrons. The van der Waals surface area contributed by atoms with Crippen molar-refractivity contribution in [2.24, 2.45) is 5.92 Å². The number of rotatable bonds is 3. The number of fused-ring (bicyclic) bond motifs is 1. The van der Waals surface area contributed by atoms with Crippen molar-refractivity contribution in [2.75, 3.05) is 20.3 Å². The molecule has 1 N–H and O–H groups in total. The van der Waals surface area contributed by atoms with Gasteiger partial charge in [0.05, 0.1) is 13.2 Å². The highest BCUT2D eigenvalue weighted by Crippen LogP contribution is 2.40. The van der Waals surface area contributed by atoms with Crippen molar-refractivity contribution in [1.29, 1.82) is 0 Å². The molecule has 1 saturated carbocycles. The fourth-order valence-corrected chi connectivity index (χ4v) is 2.82. The zero-order valence-corrected chi connectivity index (χ0v) is 10.9. The van der Waals surface area contributed by atoms with Crippen LogP contribution in [0.2, 0.25) is 0 Å². The molecule has 3 nitrogen and oxygen atoms in total. The van der Waals surface area contributed by atoms with E-state index in [-0.39, 0.29) is 0 Å². The molecule has 98 valence electrons. The van der Waals surface area contributed by atoms with E-state index < -0.39 is 0 Å². The molecule has 3 heteroatoms. The molecule has 0 amide bonds. The molecule has 1 aliphatic carbocycles. The first kappa shape index (κ1) is 11.8. The first-order valence-electron chi connectivity index (χ1n) is 6.95. The summed E-state index contributed by atoms with van der Waals surface area (Å²) in [6.45, 7) is 1.51. The second kappa shape index (κ2) is 5.19. The van der Waals surface area contributed by atoms with Crippen LogP contribution < -0.4 is 14.8 Å². The highest BCUT2D eigenvalue weighted by molar-refractivity contribution is 5.44. The maximum absolute atomic E-state index is 5.76. The van der Waals surface area contributed by atoms with E-state index in [0.29, 0.717) is 6.04 Å². The monoisotopic (exact) mass is 247 g/mol. The molecular weight excluding hydrogens is 226 g/mol. The summed E-state index contributed by atoms with van der Waals surface area (Å²) in [6, 6.07) is 6.84.